The number of benzene rings is 1. The van der Waals surface area contributed by atoms with Crippen molar-refractivity contribution in [1.82, 2.24) is 30.2 Å². The van der Waals surface area contributed by atoms with Crippen molar-refractivity contribution in [3.63, 3.8) is 0 Å². The molecule has 38 heavy (non-hydrogen) atoms. The molecule has 196 valence electrons. The van der Waals surface area contributed by atoms with E-state index in [-0.39, 0.29) is 24.2 Å². The Morgan fingerprint density at radius 1 is 1.18 bits per heavy atom. The lowest BCUT2D eigenvalue weighted by molar-refractivity contribution is -0.116. The highest BCUT2D eigenvalue weighted by Crippen LogP contribution is 2.34. The van der Waals surface area contributed by atoms with Gasteiger partial charge in [-0.15, -0.1) is 0 Å². The van der Waals surface area contributed by atoms with Crippen LogP contribution in [0.25, 0.3) is 11.5 Å². The summed E-state index contributed by atoms with van der Waals surface area (Å²) in [4.78, 5) is 31.0. The minimum absolute atomic E-state index is 0.174. The number of pyridine rings is 1. The van der Waals surface area contributed by atoms with E-state index in [0.717, 1.165) is 5.69 Å². The molecule has 0 unspecified atom stereocenters. The Morgan fingerprint density at radius 2 is 2.05 bits per heavy atom. The van der Waals surface area contributed by atoms with Crippen LogP contribution in [0.15, 0.2) is 71.8 Å². The van der Waals surface area contributed by atoms with Gasteiger partial charge in [0.25, 0.3) is 0 Å². The van der Waals surface area contributed by atoms with Gasteiger partial charge >= 0.3 is 0 Å². The minimum Gasteiger partial charge on any atom is -0.486 e. The number of anilines is 3. The SMILES string of the molecule is CN(C)C/C=C/C(=O)NCc1coc(-c2c(N)ncnc2Nc2ccc(OCc3ccccn3)c(Cl)c2)n1. The van der Waals surface area contributed by atoms with E-state index in [9.17, 15) is 4.79 Å². The van der Waals surface area contributed by atoms with Crippen LogP contribution in [0.2, 0.25) is 5.02 Å². The molecule has 0 aliphatic heterocycles. The summed E-state index contributed by atoms with van der Waals surface area (Å²) in [5, 5.41) is 6.35. The van der Waals surface area contributed by atoms with Crippen LogP contribution in [-0.2, 0) is 17.9 Å². The second kappa shape index (κ2) is 12.7. The molecule has 4 N–H and O–H groups in total. The summed E-state index contributed by atoms with van der Waals surface area (Å²) in [6.07, 6.45) is 7.73. The van der Waals surface area contributed by atoms with E-state index in [1.807, 2.05) is 37.2 Å². The number of amides is 1. The zero-order valence-electron chi connectivity index (χ0n) is 20.9. The Morgan fingerprint density at radius 3 is 2.82 bits per heavy atom. The first-order chi connectivity index (χ1) is 18.4. The topological polar surface area (TPSA) is 144 Å². The fourth-order valence-corrected chi connectivity index (χ4v) is 3.52. The number of rotatable bonds is 11. The smallest absolute Gasteiger partial charge is 0.244 e. The number of likely N-dealkylation sites (N-methyl/N-ethyl adjacent to an activating group) is 1. The van der Waals surface area contributed by atoms with E-state index in [1.54, 1.807) is 30.5 Å². The number of hydrogen-bond acceptors (Lipinski definition) is 10. The minimum atomic E-state index is -0.231. The predicted octanol–water partition coefficient (Wildman–Crippen LogP) is 3.82. The Bertz CT molecular complexity index is 1410. The lowest BCUT2D eigenvalue weighted by Gasteiger charge is -2.12. The second-order valence-electron chi connectivity index (χ2n) is 8.39. The summed E-state index contributed by atoms with van der Waals surface area (Å²) >= 11 is 6.45. The normalized spacial score (nSPS) is 11.2. The molecule has 0 aliphatic carbocycles. The molecule has 3 aromatic heterocycles. The van der Waals surface area contributed by atoms with E-state index in [4.69, 9.17) is 26.5 Å². The van der Waals surface area contributed by atoms with E-state index in [1.165, 1.54) is 18.7 Å². The molecular formula is C26H27ClN8O3. The Kier molecular flexibility index (Phi) is 8.85. The first-order valence-corrected chi connectivity index (χ1v) is 12.0. The summed E-state index contributed by atoms with van der Waals surface area (Å²) in [6, 6.07) is 10.9. The van der Waals surface area contributed by atoms with E-state index < -0.39 is 0 Å². The standard InChI is InChI=1S/C26H27ClN8O3/c1-35(2)11-5-7-22(36)30-13-19-15-38-26(34-19)23-24(28)31-16-32-25(23)33-17-8-9-21(20(27)12-17)37-14-18-6-3-4-10-29-18/h3-10,12,15-16H,11,13-14H2,1-2H3,(H,30,36)(H3,28,31,32,33)/b7-5+. The summed E-state index contributed by atoms with van der Waals surface area (Å²) in [7, 11) is 3.84. The molecule has 0 saturated carbocycles. The number of ether oxygens (including phenoxy) is 1. The average Bonchev–Trinajstić information content (AvgIpc) is 3.36. The van der Waals surface area contributed by atoms with Crippen molar-refractivity contribution in [3.05, 3.63) is 83.7 Å². The number of oxazole rings is 1. The molecule has 0 bridgehead atoms. The molecule has 12 heteroatoms. The highest BCUT2D eigenvalue weighted by molar-refractivity contribution is 6.32. The summed E-state index contributed by atoms with van der Waals surface area (Å²) in [5.74, 6) is 1.04. The second-order valence-corrected chi connectivity index (χ2v) is 8.80. The van der Waals surface area contributed by atoms with Crippen LogP contribution in [0.1, 0.15) is 11.4 Å². The molecule has 0 radical (unpaired) electrons. The predicted molar refractivity (Wildman–Crippen MR) is 145 cm³/mol. The lowest BCUT2D eigenvalue weighted by atomic mass is 10.2. The summed E-state index contributed by atoms with van der Waals surface area (Å²) in [5.41, 5.74) is 8.46. The molecule has 0 atom stereocenters. The number of aromatic nitrogens is 4. The van der Waals surface area contributed by atoms with Gasteiger partial charge in [0.15, 0.2) is 0 Å². The zero-order chi connectivity index (χ0) is 26.9. The van der Waals surface area contributed by atoms with E-state index in [0.29, 0.717) is 46.7 Å². The van der Waals surface area contributed by atoms with Crippen molar-refractivity contribution < 1.29 is 13.9 Å². The zero-order valence-corrected chi connectivity index (χ0v) is 21.6. The van der Waals surface area contributed by atoms with Gasteiger partial charge in [0.05, 0.1) is 23.0 Å². The van der Waals surface area contributed by atoms with Gasteiger partial charge in [-0.05, 0) is 44.4 Å². The molecule has 0 aliphatic rings. The maximum atomic E-state index is 12.0. The number of carbonyl (C=O) groups excluding carboxylic acids is 1. The largest absolute Gasteiger partial charge is 0.486 e. The van der Waals surface area contributed by atoms with Crippen molar-refractivity contribution in [1.29, 1.82) is 0 Å². The molecule has 4 aromatic rings. The lowest BCUT2D eigenvalue weighted by Crippen LogP contribution is -2.21. The number of nitrogens with zero attached hydrogens (tertiary/aromatic N) is 5. The third kappa shape index (κ3) is 7.28. The van der Waals surface area contributed by atoms with E-state index in [2.05, 4.69) is 30.6 Å². The number of carbonyl (C=O) groups is 1. The molecule has 11 nitrogen and oxygen atoms in total. The number of nitrogens with two attached hydrogens (primary N) is 1. The van der Waals surface area contributed by atoms with Gasteiger partial charge in [0.1, 0.15) is 42.1 Å². The van der Waals surface area contributed by atoms with Crippen LogP contribution < -0.4 is 21.1 Å². The van der Waals surface area contributed by atoms with Gasteiger partial charge in [-0.25, -0.2) is 15.0 Å². The fraction of sp³-hybridized carbons (Fsp3) is 0.192. The molecule has 3 heterocycles. The van der Waals surface area contributed by atoms with Crippen LogP contribution in [0.5, 0.6) is 5.75 Å². The maximum absolute atomic E-state index is 12.0. The van der Waals surface area contributed by atoms with Crippen LogP contribution in [0.3, 0.4) is 0 Å². The first kappa shape index (κ1) is 26.6. The maximum Gasteiger partial charge on any atom is 0.244 e. The number of hydrogen-bond donors (Lipinski definition) is 3. The average molecular weight is 535 g/mol. The molecule has 0 saturated heterocycles. The van der Waals surface area contributed by atoms with Gasteiger partial charge in [-0.2, -0.15) is 0 Å². The molecule has 1 amide bonds. The van der Waals surface area contributed by atoms with Crippen molar-refractivity contribution in [3.8, 4) is 17.2 Å². The molecule has 0 fully saturated rings. The summed E-state index contributed by atoms with van der Waals surface area (Å²) < 4.78 is 11.4. The van der Waals surface area contributed by atoms with Gasteiger partial charge < -0.3 is 30.4 Å². The monoisotopic (exact) mass is 534 g/mol. The Balaban J connectivity index is 1.44. The molecule has 4 rings (SSSR count). The van der Waals surface area contributed by atoms with Crippen LogP contribution in [0, 0.1) is 0 Å². The van der Waals surface area contributed by atoms with Crippen molar-refractivity contribution in [2.24, 2.45) is 0 Å². The van der Waals surface area contributed by atoms with Crippen molar-refractivity contribution >= 4 is 34.8 Å². The van der Waals surface area contributed by atoms with E-state index >= 15 is 0 Å². The highest BCUT2D eigenvalue weighted by Gasteiger charge is 2.18. The van der Waals surface area contributed by atoms with Gasteiger partial charge in [-0.3, -0.25) is 9.78 Å². The van der Waals surface area contributed by atoms with Gasteiger partial charge in [0, 0.05) is 24.5 Å². The molecule has 0 spiro atoms. The Hall–Kier alpha value is -4.48. The van der Waals surface area contributed by atoms with Crippen molar-refractivity contribution in [2.45, 2.75) is 13.2 Å². The molecule has 1 aromatic carbocycles. The first-order valence-electron chi connectivity index (χ1n) is 11.6. The quantitative estimate of drug-likeness (QED) is 0.243. The van der Waals surface area contributed by atoms with Crippen molar-refractivity contribution in [2.75, 3.05) is 31.7 Å². The third-order valence-corrected chi connectivity index (χ3v) is 5.42. The third-order valence-electron chi connectivity index (χ3n) is 5.12. The van der Waals surface area contributed by atoms with Crippen LogP contribution in [-0.4, -0.2) is 51.4 Å². The summed E-state index contributed by atoms with van der Waals surface area (Å²) in [6.45, 7) is 1.14. The number of nitrogens with one attached hydrogen (secondary N) is 2. The number of halogens is 1. The van der Waals surface area contributed by atoms with Gasteiger partial charge in [-0.1, -0.05) is 23.7 Å². The number of nitrogen functional groups attached to an aromatic ring is 1. The van der Waals surface area contributed by atoms with Gasteiger partial charge in [0.2, 0.25) is 11.8 Å². The molecular weight excluding hydrogens is 508 g/mol. The highest BCUT2D eigenvalue weighted by atomic mass is 35.5. The fourth-order valence-electron chi connectivity index (χ4n) is 3.28. The van der Waals surface area contributed by atoms with Crippen LogP contribution >= 0.6 is 11.6 Å². The Labute approximate surface area is 224 Å². The van der Waals surface area contributed by atoms with Crippen LogP contribution in [0.4, 0.5) is 17.3 Å².